The van der Waals surface area contributed by atoms with Gasteiger partial charge in [0.1, 0.15) is 5.82 Å². The van der Waals surface area contributed by atoms with Crippen LogP contribution in [0, 0.1) is 5.82 Å². The van der Waals surface area contributed by atoms with Crippen molar-refractivity contribution in [3.8, 4) is 0 Å². The zero-order valence-electron chi connectivity index (χ0n) is 10.8. The maximum absolute atomic E-state index is 13.5. The number of rotatable bonds is 4. The van der Waals surface area contributed by atoms with Crippen molar-refractivity contribution >= 4 is 39.1 Å². The van der Waals surface area contributed by atoms with E-state index in [1.807, 2.05) is 6.07 Å². The Balaban J connectivity index is 2.20. The molecule has 0 spiro atoms. The van der Waals surface area contributed by atoms with Crippen LogP contribution in [0.5, 0.6) is 0 Å². The summed E-state index contributed by atoms with van der Waals surface area (Å²) in [5.41, 5.74) is 7.24. The molecule has 0 radical (unpaired) electrons. The lowest BCUT2D eigenvalue weighted by Crippen LogP contribution is -2.14. The maximum Gasteiger partial charge on any atom is 0.170 e. The number of nitrogens with zero attached hydrogens (tertiary/aromatic N) is 1. The van der Waals surface area contributed by atoms with E-state index in [0.29, 0.717) is 22.7 Å². The third-order valence-electron chi connectivity index (χ3n) is 2.77. The van der Waals surface area contributed by atoms with E-state index in [4.69, 9.17) is 22.5 Å². The molecule has 0 saturated heterocycles. The molecule has 2 aromatic carbocycles. The number of hydrogen-bond acceptors (Lipinski definition) is 3. The van der Waals surface area contributed by atoms with Crippen molar-refractivity contribution in [1.82, 2.24) is 0 Å². The first-order valence-electron chi connectivity index (χ1n) is 5.96. The first-order valence-corrected chi connectivity index (χ1v) is 7.13. The Labute approximate surface area is 134 Å². The Kier molecular flexibility index (Phi) is 5.03. The normalized spacial score (nSPS) is 11.5. The van der Waals surface area contributed by atoms with Crippen LogP contribution in [0.4, 0.5) is 10.1 Å². The third-order valence-corrected chi connectivity index (χ3v) is 3.70. The highest BCUT2D eigenvalue weighted by Gasteiger charge is 2.06. The first kappa shape index (κ1) is 15.6. The molecule has 2 rings (SSSR count). The highest BCUT2D eigenvalue weighted by Crippen LogP contribution is 2.26. The summed E-state index contributed by atoms with van der Waals surface area (Å²) in [6.07, 6.45) is 0. The predicted octanol–water partition coefficient (Wildman–Crippen LogP) is 3.95. The molecule has 0 amide bonds. The molecule has 0 bridgehead atoms. The van der Waals surface area contributed by atoms with Gasteiger partial charge >= 0.3 is 0 Å². The van der Waals surface area contributed by atoms with Crippen LogP contribution in [0.25, 0.3) is 0 Å². The lowest BCUT2D eigenvalue weighted by molar-refractivity contribution is 0.318. The molecule has 0 saturated carbocycles. The molecule has 0 aliphatic rings. The lowest BCUT2D eigenvalue weighted by atomic mass is 10.1. The summed E-state index contributed by atoms with van der Waals surface area (Å²) in [5.74, 6) is -0.597. The quantitative estimate of drug-likeness (QED) is 0.329. The largest absolute Gasteiger partial charge is 0.409 e. The molecule has 0 aliphatic heterocycles. The van der Waals surface area contributed by atoms with E-state index in [9.17, 15) is 4.39 Å². The molecule has 0 heterocycles. The summed E-state index contributed by atoms with van der Waals surface area (Å²) in [4.78, 5) is 0. The lowest BCUT2D eigenvalue weighted by Gasteiger charge is -2.10. The molecule has 0 aromatic heterocycles. The average molecular weight is 373 g/mol. The molecule has 0 fully saturated rings. The number of hydrogen-bond donors (Lipinski definition) is 3. The average Bonchev–Trinajstić information content (AvgIpc) is 2.46. The minimum Gasteiger partial charge on any atom is -0.409 e. The van der Waals surface area contributed by atoms with Gasteiger partial charge in [-0.05, 0) is 57.9 Å². The SMILES string of the molecule is N/C(=N/O)c1cc(F)cc(CNc2cc(Cl)ccc2Br)c1. The number of nitrogens with two attached hydrogens (primary N) is 1. The fraction of sp³-hybridized carbons (Fsp3) is 0.0714. The van der Waals surface area contributed by atoms with Crippen LogP contribution < -0.4 is 11.1 Å². The third kappa shape index (κ3) is 4.09. The summed E-state index contributed by atoms with van der Waals surface area (Å²) in [5, 5.41) is 15.3. The summed E-state index contributed by atoms with van der Waals surface area (Å²) in [7, 11) is 0. The zero-order chi connectivity index (χ0) is 15.4. The van der Waals surface area contributed by atoms with Gasteiger partial charge in [-0.1, -0.05) is 16.8 Å². The number of anilines is 1. The molecule has 0 unspecified atom stereocenters. The Hall–Kier alpha value is -1.79. The maximum atomic E-state index is 13.5. The van der Waals surface area contributed by atoms with Crippen molar-refractivity contribution in [2.75, 3.05) is 5.32 Å². The molecule has 110 valence electrons. The Bertz CT molecular complexity index is 694. The summed E-state index contributed by atoms with van der Waals surface area (Å²) < 4.78 is 14.4. The van der Waals surface area contributed by atoms with E-state index < -0.39 is 5.82 Å². The molecule has 4 nitrogen and oxygen atoms in total. The van der Waals surface area contributed by atoms with Crippen LogP contribution in [0.15, 0.2) is 46.0 Å². The molecule has 0 aliphatic carbocycles. The molecule has 21 heavy (non-hydrogen) atoms. The van der Waals surface area contributed by atoms with Crippen LogP contribution in [0.2, 0.25) is 5.02 Å². The van der Waals surface area contributed by atoms with E-state index in [-0.39, 0.29) is 5.84 Å². The number of halogens is 3. The van der Waals surface area contributed by atoms with Crippen molar-refractivity contribution in [2.45, 2.75) is 6.54 Å². The molecule has 0 atom stereocenters. The topological polar surface area (TPSA) is 70.6 Å². The highest BCUT2D eigenvalue weighted by molar-refractivity contribution is 9.10. The summed E-state index contributed by atoms with van der Waals surface area (Å²) in [6.45, 7) is 0.364. The monoisotopic (exact) mass is 371 g/mol. The highest BCUT2D eigenvalue weighted by atomic mass is 79.9. The van der Waals surface area contributed by atoms with Gasteiger partial charge < -0.3 is 16.3 Å². The second-order valence-electron chi connectivity index (χ2n) is 4.31. The van der Waals surface area contributed by atoms with E-state index >= 15 is 0 Å². The van der Waals surface area contributed by atoms with Crippen LogP contribution in [-0.4, -0.2) is 11.0 Å². The second kappa shape index (κ2) is 6.78. The molecular formula is C14H12BrClFN3O. The minimum atomic E-state index is -0.457. The van der Waals surface area contributed by atoms with Crippen molar-refractivity contribution < 1.29 is 9.60 Å². The fourth-order valence-electron chi connectivity index (χ4n) is 1.79. The number of oxime groups is 1. The fourth-order valence-corrected chi connectivity index (χ4v) is 2.35. The van der Waals surface area contributed by atoms with Gasteiger partial charge in [0.2, 0.25) is 0 Å². The molecule has 2 aromatic rings. The number of amidine groups is 1. The Morgan fingerprint density at radius 1 is 1.33 bits per heavy atom. The van der Waals surface area contributed by atoms with Crippen LogP contribution >= 0.6 is 27.5 Å². The first-order chi connectivity index (χ1) is 9.99. The zero-order valence-corrected chi connectivity index (χ0v) is 13.1. The van der Waals surface area contributed by atoms with Crippen molar-refractivity contribution in [3.63, 3.8) is 0 Å². The van der Waals surface area contributed by atoms with Crippen LogP contribution in [-0.2, 0) is 6.54 Å². The second-order valence-corrected chi connectivity index (χ2v) is 5.60. The molecule has 7 heteroatoms. The van der Waals surface area contributed by atoms with Gasteiger partial charge in [0, 0.05) is 21.6 Å². The van der Waals surface area contributed by atoms with Crippen molar-refractivity contribution in [3.05, 3.63) is 62.8 Å². The van der Waals surface area contributed by atoms with Gasteiger partial charge in [-0.15, -0.1) is 0 Å². The van der Waals surface area contributed by atoms with E-state index in [1.54, 1.807) is 18.2 Å². The van der Waals surface area contributed by atoms with Crippen LogP contribution in [0.1, 0.15) is 11.1 Å². The standard InChI is InChI=1S/C14H12BrClFN3O/c15-12-2-1-10(16)6-13(12)19-7-8-3-9(14(18)20-21)5-11(17)4-8/h1-6,19,21H,7H2,(H2,18,20). The summed E-state index contributed by atoms with van der Waals surface area (Å²) in [6, 6.07) is 9.56. The van der Waals surface area contributed by atoms with Crippen molar-refractivity contribution in [1.29, 1.82) is 0 Å². The summed E-state index contributed by atoms with van der Waals surface area (Å²) >= 11 is 9.33. The Morgan fingerprint density at radius 2 is 2.10 bits per heavy atom. The molecular weight excluding hydrogens is 361 g/mol. The minimum absolute atomic E-state index is 0.139. The van der Waals surface area contributed by atoms with Gasteiger partial charge in [0.05, 0.1) is 5.69 Å². The smallest absolute Gasteiger partial charge is 0.170 e. The number of nitrogens with one attached hydrogen (secondary N) is 1. The van der Waals surface area contributed by atoms with E-state index in [0.717, 1.165) is 10.2 Å². The Morgan fingerprint density at radius 3 is 2.81 bits per heavy atom. The van der Waals surface area contributed by atoms with Gasteiger partial charge in [-0.25, -0.2) is 4.39 Å². The van der Waals surface area contributed by atoms with Crippen molar-refractivity contribution in [2.24, 2.45) is 10.9 Å². The predicted molar refractivity (Wildman–Crippen MR) is 85.4 cm³/mol. The van der Waals surface area contributed by atoms with Gasteiger partial charge in [-0.3, -0.25) is 0 Å². The molecule has 4 N–H and O–H groups in total. The van der Waals surface area contributed by atoms with Gasteiger partial charge in [-0.2, -0.15) is 0 Å². The van der Waals surface area contributed by atoms with Gasteiger partial charge in [0.15, 0.2) is 5.84 Å². The van der Waals surface area contributed by atoms with E-state index in [2.05, 4.69) is 26.4 Å². The van der Waals surface area contributed by atoms with E-state index in [1.165, 1.54) is 12.1 Å². The van der Waals surface area contributed by atoms with Crippen LogP contribution in [0.3, 0.4) is 0 Å². The van der Waals surface area contributed by atoms with Gasteiger partial charge in [0.25, 0.3) is 0 Å². The number of benzene rings is 2.